The lowest BCUT2D eigenvalue weighted by atomic mass is 10.0. The van der Waals surface area contributed by atoms with Crippen molar-refractivity contribution in [3.05, 3.63) is 39.7 Å². The number of benzene rings is 1. The Bertz CT molecular complexity index is 781. The van der Waals surface area contributed by atoms with Crippen LogP contribution < -0.4 is 5.32 Å². The van der Waals surface area contributed by atoms with Crippen LogP contribution in [0.2, 0.25) is 5.02 Å². The third-order valence-corrected chi connectivity index (χ3v) is 5.44. The van der Waals surface area contributed by atoms with Gasteiger partial charge < -0.3 is 10.1 Å². The standard InChI is InChI=1S/C19H22ClNO3S/c1-5-12(6-2)17(22)21-18-16(19(23)24-4)15(11(3)25-18)13-8-7-9-14(20)10-13/h7-10,12H,5-6H2,1-4H3,(H,21,22). The SMILES string of the molecule is CCC(CC)C(=O)Nc1sc(C)c(-c2cccc(Cl)c2)c1C(=O)OC. The second-order valence-corrected chi connectivity index (χ2v) is 7.40. The Balaban J connectivity index is 2.53. The number of amides is 1. The molecule has 2 aromatic rings. The maximum Gasteiger partial charge on any atom is 0.341 e. The van der Waals surface area contributed by atoms with Gasteiger partial charge in [-0.25, -0.2) is 4.79 Å². The number of aryl methyl sites for hydroxylation is 1. The molecular formula is C19H22ClNO3S. The number of carbonyl (C=O) groups excluding carboxylic acids is 2. The molecule has 134 valence electrons. The molecule has 0 radical (unpaired) electrons. The van der Waals surface area contributed by atoms with Gasteiger partial charge in [0.25, 0.3) is 0 Å². The number of anilines is 1. The van der Waals surface area contributed by atoms with Crippen molar-refractivity contribution < 1.29 is 14.3 Å². The fraction of sp³-hybridized carbons (Fsp3) is 0.368. The number of ether oxygens (including phenoxy) is 1. The van der Waals surface area contributed by atoms with E-state index < -0.39 is 5.97 Å². The van der Waals surface area contributed by atoms with E-state index in [4.69, 9.17) is 16.3 Å². The monoisotopic (exact) mass is 379 g/mol. The quantitative estimate of drug-likeness (QED) is 0.670. The van der Waals surface area contributed by atoms with Crippen LogP contribution in [-0.2, 0) is 9.53 Å². The van der Waals surface area contributed by atoms with Crippen LogP contribution in [0.4, 0.5) is 5.00 Å². The Morgan fingerprint density at radius 2 is 1.96 bits per heavy atom. The first kappa shape index (κ1) is 19.5. The highest BCUT2D eigenvalue weighted by Crippen LogP contribution is 2.41. The first-order valence-electron chi connectivity index (χ1n) is 8.21. The van der Waals surface area contributed by atoms with Gasteiger partial charge in [-0.1, -0.05) is 37.6 Å². The summed E-state index contributed by atoms with van der Waals surface area (Å²) in [5.41, 5.74) is 1.95. The Labute approximate surface area is 157 Å². The van der Waals surface area contributed by atoms with E-state index in [2.05, 4.69) is 5.32 Å². The van der Waals surface area contributed by atoms with Crippen LogP contribution in [-0.4, -0.2) is 19.0 Å². The second kappa shape index (κ2) is 8.50. The van der Waals surface area contributed by atoms with Gasteiger partial charge in [0.2, 0.25) is 5.91 Å². The molecule has 1 aromatic carbocycles. The third-order valence-electron chi connectivity index (χ3n) is 4.18. The summed E-state index contributed by atoms with van der Waals surface area (Å²) >= 11 is 7.48. The molecule has 1 aromatic heterocycles. The zero-order valence-corrected chi connectivity index (χ0v) is 16.4. The van der Waals surface area contributed by atoms with Crippen LogP contribution >= 0.6 is 22.9 Å². The van der Waals surface area contributed by atoms with E-state index in [-0.39, 0.29) is 11.8 Å². The Kier molecular flexibility index (Phi) is 6.62. The normalized spacial score (nSPS) is 10.8. The highest BCUT2D eigenvalue weighted by atomic mass is 35.5. The van der Waals surface area contributed by atoms with E-state index >= 15 is 0 Å². The van der Waals surface area contributed by atoms with Gasteiger partial charge in [-0.15, -0.1) is 11.3 Å². The lowest BCUT2D eigenvalue weighted by Crippen LogP contribution is -2.22. The fourth-order valence-electron chi connectivity index (χ4n) is 2.79. The molecule has 0 bridgehead atoms. The molecule has 0 aliphatic rings. The van der Waals surface area contributed by atoms with Crippen molar-refractivity contribution in [2.45, 2.75) is 33.6 Å². The number of hydrogen-bond donors (Lipinski definition) is 1. The molecule has 0 aliphatic carbocycles. The van der Waals surface area contributed by atoms with Crippen LogP contribution in [0, 0.1) is 12.8 Å². The molecule has 4 nitrogen and oxygen atoms in total. The summed E-state index contributed by atoms with van der Waals surface area (Å²) in [4.78, 5) is 25.8. The smallest absolute Gasteiger partial charge is 0.341 e. The average molecular weight is 380 g/mol. The van der Waals surface area contributed by atoms with Gasteiger partial charge in [0.15, 0.2) is 0 Å². The number of halogens is 1. The molecule has 0 atom stereocenters. The Morgan fingerprint density at radius 1 is 1.28 bits per heavy atom. The predicted octanol–water partition coefficient (Wildman–Crippen LogP) is 5.54. The number of carbonyl (C=O) groups is 2. The molecule has 0 unspecified atom stereocenters. The van der Waals surface area contributed by atoms with E-state index in [0.29, 0.717) is 15.6 Å². The minimum atomic E-state index is -0.473. The van der Waals surface area contributed by atoms with Crippen molar-refractivity contribution in [1.82, 2.24) is 0 Å². The van der Waals surface area contributed by atoms with Crippen LogP contribution in [0.5, 0.6) is 0 Å². The number of thiophene rings is 1. The van der Waals surface area contributed by atoms with Crippen molar-refractivity contribution in [2.24, 2.45) is 5.92 Å². The van der Waals surface area contributed by atoms with Gasteiger partial charge in [0.1, 0.15) is 10.6 Å². The van der Waals surface area contributed by atoms with Crippen LogP contribution in [0.3, 0.4) is 0 Å². The van der Waals surface area contributed by atoms with Crippen molar-refractivity contribution in [3.63, 3.8) is 0 Å². The number of esters is 1. The number of hydrogen-bond acceptors (Lipinski definition) is 4. The van der Waals surface area contributed by atoms with E-state index in [1.165, 1.54) is 18.4 Å². The van der Waals surface area contributed by atoms with Gasteiger partial charge in [0, 0.05) is 21.4 Å². The van der Waals surface area contributed by atoms with E-state index in [9.17, 15) is 9.59 Å². The Hall–Kier alpha value is -1.85. The summed E-state index contributed by atoms with van der Waals surface area (Å²) in [5.74, 6) is -0.629. The molecule has 0 saturated heterocycles. The minimum Gasteiger partial charge on any atom is -0.465 e. The zero-order valence-electron chi connectivity index (χ0n) is 14.8. The first-order valence-corrected chi connectivity index (χ1v) is 9.40. The summed E-state index contributed by atoms with van der Waals surface area (Å²) in [6, 6.07) is 7.30. The predicted molar refractivity (Wildman–Crippen MR) is 104 cm³/mol. The zero-order chi connectivity index (χ0) is 18.6. The van der Waals surface area contributed by atoms with E-state index in [1.54, 1.807) is 12.1 Å². The molecule has 6 heteroatoms. The van der Waals surface area contributed by atoms with Crippen molar-refractivity contribution >= 4 is 39.8 Å². The first-order chi connectivity index (χ1) is 11.9. The number of methoxy groups -OCH3 is 1. The van der Waals surface area contributed by atoms with Crippen LogP contribution in [0.25, 0.3) is 11.1 Å². The summed E-state index contributed by atoms with van der Waals surface area (Å²) in [5, 5.41) is 4.03. The summed E-state index contributed by atoms with van der Waals surface area (Å²) < 4.78 is 4.96. The molecule has 0 aliphatic heterocycles. The molecule has 0 fully saturated rings. The third kappa shape index (κ3) is 4.22. The molecule has 0 saturated carbocycles. The number of rotatable bonds is 6. The van der Waals surface area contributed by atoms with E-state index in [1.807, 2.05) is 32.9 Å². The van der Waals surface area contributed by atoms with Crippen LogP contribution in [0.15, 0.2) is 24.3 Å². The Morgan fingerprint density at radius 3 is 2.52 bits per heavy atom. The largest absolute Gasteiger partial charge is 0.465 e. The van der Waals surface area contributed by atoms with Crippen molar-refractivity contribution in [3.8, 4) is 11.1 Å². The highest BCUT2D eigenvalue weighted by molar-refractivity contribution is 7.17. The molecule has 1 heterocycles. The fourth-order valence-corrected chi connectivity index (χ4v) is 4.05. The maximum atomic E-state index is 12.5. The van der Waals surface area contributed by atoms with Gasteiger partial charge in [-0.2, -0.15) is 0 Å². The van der Waals surface area contributed by atoms with E-state index in [0.717, 1.165) is 28.8 Å². The second-order valence-electron chi connectivity index (χ2n) is 5.74. The van der Waals surface area contributed by atoms with Gasteiger partial charge in [-0.05, 0) is 37.5 Å². The van der Waals surface area contributed by atoms with Gasteiger partial charge in [-0.3, -0.25) is 4.79 Å². The molecule has 1 amide bonds. The highest BCUT2D eigenvalue weighted by Gasteiger charge is 2.26. The molecule has 1 N–H and O–H groups in total. The number of nitrogens with one attached hydrogen (secondary N) is 1. The maximum absolute atomic E-state index is 12.5. The van der Waals surface area contributed by atoms with Crippen molar-refractivity contribution in [1.29, 1.82) is 0 Å². The van der Waals surface area contributed by atoms with Crippen molar-refractivity contribution in [2.75, 3.05) is 12.4 Å². The molecule has 2 rings (SSSR count). The minimum absolute atomic E-state index is 0.0750. The summed E-state index contributed by atoms with van der Waals surface area (Å²) in [7, 11) is 1.34. The molecule has 0 spiro atoms. The lowest BCUT2D eigenvalue weighted by Gasteiger charge is -2.13. The average Bonchev–Trinajstić information content (AvgIpc) is 2.91. The van der Waals surface area contributed by atoms with Crippen LogP contribution in [0.1, 0.15) is 41.9 Å². The summed E-state index contributed by atoms with van der Waals surface area (Å²) in [6.07, 6.45) is 1.50. The van der Waals surface area contributed by atoms with Gasteiger partial charge >= 0.3 is 5.97 Å². The molecular weight excluding hydrogens is 358 g/mol. The lowest BCUT2D eigenvalue weighted by molar-refractivity contribution is -0.120. The topological polar surface area (TPSA) is 55.4 Å². The van der Waals surface area contributed by atoms with Gasteiger partial charge in [0.05, 0.1) is 7.11 Å². The summed E-state index contributed by atoms with van der Waals surface area (Å²) in [6.45, 7) is 5.87. The molecule has 25 heavy (non-hydrogen) atoms.